The molecule has 2 rings (SSSR count). The topological polar surface area (TPSA) is 23.5 Å². The lowest BCUT2D eigenvalue weighted by Crippen LogP contribution is -2.31. The van der Waals surface area contributed by atoms with E-state index in [1.165, 1.54) is 32.4 Å². The van der Waals surface area contributed by atoms with Gasteiger partial charge < -0.3 is 10.0 Å². The molecule has 1 aromatic rings. The van der Waals surface area contributed by atoms with E-state index in [0.29, 0.717) is 5.02 Å². The average Bonchev–Trinajstić information content (AvgIpc) is 2.37. The van der Waals surface area contributed by atoms with Gasteiger partial charge >= 0.3 is 0 Å². The third-order valence-corrected chi connectivity index (χ3v) is 3.64. The predicted octanol–water partition coefficient (Wildman–Crippen LogP) is 3.25. The van der Waals surface area contributed by atoms with Crippen molar-refractivity contribution in [1.29, 1.82) is 0 Å². The van der Waals surface area contributed by atoms with Gasteiger partial charge in [-0.1, -0.05) is 30.2 Å². The van der Waals surface area contributed by atoms with Crippen molar-refractivity contribution in [3.8, 4) is 0 Å². The molecule has 1 atom stereocenters. The summed E-state index contributed by atoms with van der Waals surface area (Å²) in [7, 11) is 0. The summed E-state index contributed by atoms with van der Waals surface area (Å²) in [5.74, 6) is 0. The largest absolute Gasteiger partial charge is 0.388 e. The van der Waals surface area contributed by atoms with Crippen LogP contribution >= 0.6 is 11.6 Å². The fourth-order valence-corrected chi connectivity index (χ4v) is 2.57. The Morgan fingerprint density at radius 3 is 2.71 bits per heavy atom. The minimum absolute atomic E-state index is 0.393. The van der Waals surface area contributed by atoms with Crippen LogP contribution in [0, 0.1) is 0 Å². The minimum atomic E-state index is -0.393. The molecule has 0 radical (unpaired) electrons. The van der Waals surface area contributed by atoms with E-state index in [4.69, 9.17) is 11.6 Å². The van der Waals surface area contributed by atoms with Crippen LogP contribution in [0.15, 0.2) is 24.3 Å². The molecule has 1 heterocycles. The molecule has 0 aliphatic carbocycles. The van der Waals surface area contributed by atoms with Crippen LogP contribution in [0.2, 0.25) is 5.02 Å². The molecule has 1 unspecified atom stereocenters. The molecule has 17 heavy (non-hydrogen) atoms. The van der Waals surface area contributed by atoms with E-state index < -0.39 is 6.10 Å². The van der Waals surface area contributed by atoms with Crippen LogP contribution in [0.25, 0.3) is 0 Å². The van der Waals surface area contributed by atoms with Crippen LogP contribution in [0.3, 0.4) is 0 Å². The molecule has 94 valence electrons. The quantitative estimate of drug-likeness (QED) is 0.891. The summed E-state index contributed by atoms with van der Waals surface area (Å²) in [6, 6.07) is 7.51. The molecule has 1 fully saturated rings. The number of hydrogen-bond acceptors (Lipinski definition) is 2. The molecule has 1 aliphatic heterocycles. The SMILES string of the molecule is OC(CCN1CCCCC1)c1cccc(Cl)c1. The first kappa shape index (κ1) is 12.9. The Kier molecular flexibility index (Phi) is 4.84. The number of nitrogens with zero attached hydrogens (tertiary/aromatic N) is 1. The van der Waals surface area contributed by atoms with E-state index >= 15 is 0 Å². The first-order valence-electron chi connectivity index (χ1n) is 6.41. The summed E-state index contributed by atoms with van der Waals surface area (Å²) in [5.41, 5.74) is 0.925. The Morgan fingerprint density at radius 1 is 1.24 bits per heavy atom. The molecule has 3 heteroatoms. The van der Waals surface area contributed by atoms with Crippen molar-refractivity contribution in [1.82, 2.24) is 4.90 Å². The van der Waals surface area contributed by atoms with Crippen LogP contribution in [-0.2, 0) is 0 Å². The third-order valence-electron chi connectivity index (χ3n) is 3.40. The zero-order valence-electron chi connectivity index (χ0n) is 10.1. The standard InChI is InChI=1S/C14H20ClNO/c15-13-6-4-5-12(11-13)14(17)7-10-16-8-2-1-3-9-16/h4-6,11,14,17H,1-3,7-10H2. The Hall–Kier alpha value is -0.570. The smallest absolute Gasteiger partial charge is 0.0802 e. The molecule has 1 saturated heterocycles. The highest BCUT2D eigenvalue weighted by Gasteiger charge is 2.13. The minimum Gasteiger partial charge on any atom is -0.388 e. The summed E-state index contributed by atoms with van der Waals surface area (Å²) >= 11 is 5.92. The maximum Gasteiger partial charge on any atom is 0.0802 e. The van der Waals surface area contributed by atoms with Crippen molar-refractivity contribution in [2.75, 3.05) is 19.6 Å². The number of benzene rings is 1. The highest BCUT2D eigenvalue weighted by Crippen LogP contribution is 2.21. The highest BCUT2D eigenvalue weighted by molar-refractivity contribution is 6.30. The molecule has 1 N–H and O–H groups in total. The van der Waals surface area contributed by atoms with Gasteiger partial charge in [-0.25, -0.2) is 0 Å². The number of halogens is 1. The number of likely N-dealkylation sites (tertiary alicyclic amines) is 1. The van der Waals surface area contributed by atoms with Gasteiger partial charge in [0.05, 0.1) is 6.10 Å². The van der Waals surface area contributed by atoms with E-state index in [-0.39, 0.29) is 0 Å². The van der Waals surface area contributed by atoms with E-state index in [9.17, 15) is 5.11 Å². The lowest BCUT2D eigenvalue weighted by atomic mass is 10.1. The van der Waals surface area contributed by atoms with Gasteiger partial charge in [-0.15, -0.1) is 0 Å². The van der Waals surface area contributed by atoms with E-state index in [1.54, 1.807) is 0 Å². The van der Waals surface area contributed by atoms with Gasteiger partial charge in [-0.05, 0) is 50.0 Å². The fraction of sp³-hybridized carbons (Fsp3) is 0.571. The average molecular weight is 254 g/mol. The Bertz CT molecular complexity index is 350. The van der Waals surface area contributed by atoms with Crippen molar-refractivity contribution < 1.29 is 5.11 Å². The van der Waals surface area contributed by atoms with Gasteiger partial charge in [0, 0.05) is 11.6 Å². The number of aliphatic hydroxyl groups is 1. The lowest BCUT2D eigenvalue weighted by molar-refractivity contribution is 0.134. The summed E-state index contributed by atoms with van der Waals surface area (Å²) in [6.07, 6.45) is 4.35. The maximum atomic E-state index is 10.1. The summed E-state index contributed by atoms with van der Waals surface area (Å²) in [6.45, 7) is 3.35. The van der Waals surface area contributed by atoms with Gasteiger partial charge in [0.25, 0.3) is 0 Å². The molecule has 2 nitrogen and oxygen atoms in total. The molecule has 1 aliphatic rings. The summed E-state index contributed by atoms with van der Waals surface area (Å²) in [5, 5.41) is 10.8. The maximum absolute atomic E-state index is 10.1. The second-order valence-corrected chi connectivity index (χ2v) is 5.20. The van der Waals surface area contributed by atoms with Crippen molar-refractivity contribution >= 4 is 11.6 Å². The zero-order valence-corrected chi connectivity index (χ0v) is 10.9. The van der Waals surface area contributed by atoms with Crippen LogP contribution < -0.4 is 0 Å². The Labute approximate surface area is 108 Å². The van der Waals surface area contributed by atoms with Crippen LogP contribution in [-0.4, -0.2) is 29.6 Å². The van der Waals surface area contributed by atoms with Gasteiger partial charge in [0.1, 0.15) is 0 Å². The summed E-state index contributed by atoms with van der Waals surface area (Å²) < 4.78 is 0. The molecular formula is C14H20ClNO. The monoisotopic (exact) mass is 253 g/mol. The van der Waals surface area contributed by atoms with Crippen LogP contribution in [0.5, 0.6) is 0 Å². The normalized spacial score (nSPS) is 19.2. The predicted molar refractivity (Wildman–Crippen MR) is 71.3 cm³/mol. The molecular weight excluding hydrogens is 234 g/mol. The summed E-state index contributed by atoms with van der Waals surface area (Å²) in [4.78, 5) is 2.44. The number of piperidine rings is 1. The highest BCUT2D eigenvalue weighted by atomic mass is 35.5. The van der Waals surface area contributed by atoms with Gasteiger partial charge in [0.15, 0.2) is 0 Å². The van der Waals surface area contributed by atoms with Gasteiger partial charge in [-0.2, -0.15) is 0 Å². The lowest BCUT2D eigenvalue weighted by Gasteiger charge is -2.27. The fourth-order valence-electron chi connectivity index (χ4n) is 2.37. The molecule has 0 amide bonds. The Balaban J connectivity index is 1.82. The van der Waals surface area contributed by atoms with E-state index in [1.807, 2.05) is 24.3 Å². The zero-order chi connectivity index (χ0) is 12.1. The second kappa shape index (κ2) is 6.39. The van der Waals surface area contributed by atoms with Crippen LogP contribution in [0.1, 0.15) is 37.4 Å². The number of hydrogen-bond donors (Lipinski definition) is 1. The van der Waals surface area contributed by atoms with Crippen molar-refractivity contribution in [3.63, 3.8) is 0 Å². The first-order valence-corrected chi connectivity index (χ1v) is 6.79. The number of aliphatic hydroxyl groups excluding tert-OH is 1. The molecule has 0 saturated carbocycles. The third kappa shape index (κ3) is 3.98. The van der Waals surface area contributed by atoms with Gasteiger partial charge in [0.2, 0.25) is 0 Å². The number of rotatable bonds is 4. The molecule has 1 aromatic carbocycles. The van der Waals surface area contributed by atoms with E-state index in [2.05, 4.69) is 4.90 Å². The van der Waals surface area contributed by atoms with Crippen molar-refractivity contribution in [3.05, 3.63) is 34.9 Å². The van der Waals surface area contributed by atoms with E-state index in [0.717, 1.165) is 18.5 Å². The van der Waals surface area contributed by atoms with Crippen molar-refractivity contribution in [2.45, 2.75) is 31.8 Å². The molecule has 0 aromatic heterocycles. The Morgan fingerprint density at radius 2 is 2.00 bits per heavy atom. The molecule has 0 spiro atoms. The second-order valence-electron chi connectivity index (χ2n) is 4.76. The molecule has 0 bridgehead atoms. The van der Waals surface area contributed by atoms with Gasteiger partial charge in [-0.3, -0.25) is 0 Å². The first-order chi connectivity index (χ1) is 8.25. The van der Waals surface area contributed by atoms with Crippen molar-refractivity contribution in [2.24, 2.45) is 0 Å². The van der Waals surface area contributed by atoms with Crippen LogP contribution in [0.4, 0.5) is 0 Å².